The highest BCUT2D eigenvalue weighted by Gasteiger charge is 2.24. The first-order valence-electron chi connectivity index (χ1n) is 10.7. The number of carbonyl (C=O) groups excluding carboxylic acids is 1. The highest BCUT2D eigenvalue weighted by molar-refractivity contribution is 6.03. The highest BCUT2D eigenvalue weighted by Crippen LogP contribution is 2.30. The van der Waals surface area contributed by atoms with Crippen LogP contribution in [0.3, 0.4) is 0 Å². The molecule has 0 amide bonds. The minimum Gasteiger partial charge on any atom is -0.379 e. The van der Waals surface area contributed by atoms with Gasteiger partial charge in [-0.2, -0.15) is 0 Å². The number of morpholine rings is 1. The second-order valence-corrected chi connectivity index (χ2v) is 7.68. The molecule has 0 spiro atoms. The summed E-state index contributed by atoms with van der Waals surface area (Å²) in [6, 6.07) is 18.3. The maximum atomic E-state index is 13.0. The van der Waals surface area contributed by atoms with Gasteiger partial charge in [0, 0.05) is 38.2 Å². The summed E-state index contributed by atoms with van der Waals surface area (Å²) >= 11 is 0. The monoisotopic (exact) mass is 402 g/mol. The average Bonchev–Trinajstić information content (AvgIpc) is 3.34. The number of nitrogens with zero attached hydrogens (tertiary/aromatic N) is 4. The standard InChI is InChI=1S/C24H26N4O2/c1-2-21(29)23-22(18-8-4-3-5-9-18)25-24-27(13-12-26-14-16-30-17-15-26)19-10-6-7-11-20(19)28(23)24/h3-11H,2,12-17H2,1H3. The van der Waals surface area contributed by atoms with Crippen molar-refractivity contribution in [2.24, 2.45) is 0 Å². The molecule has 5 rings (SSSR count). The largest absolute Gasteiger partial charge is 0.379 e. The summed E-state index contributed by atoms with van der Waals surface area (Å²) in [4.78, 5) is 20.5. The van der Waals surface area contributed by atoms with E-state index >= 15 is 0 Å². The fourth-order valence-corrected chi connectivity index (χ4v) is 4.32. The van der Waals surface area contributed by atoms with Gasteiger partial charge in [-0.25, -0.2) is 4.98 Å². The van der Waals surface area contributed by atoms with E-state index in [-0.39, 0.29) is 5.78 Å². The van der Waals surface area contributed by atoms with Gasteiger partial charge in [0.05, 0.1) is 24.2 Å². The van der Waals surface area contributed by atoms with E-state index in [2.05, 4.69) is 26.0 Å². The van der Waals surface area contributed by atoms with Crippen molar-refractivity contribution in [1.29, 1.82) is 0 Å². The topological polar surface area (TPSA) is 51.8 Å². The Morgan fingerprint density at radius 2 is 1.67 bits per heavy atom. The normalized spacial score (nSPS) is 15.2. The van der Waals surface area contributed by atoms with Crippen molar-refractivity contribution in [3.8, 4) is 11.3 Å². The Labute approximate surface area is 175 Å². The van der Waals surface area contributed by atoms with E-state index in [9.17, 15) is 4.79 Å². The average molecular weight is 402 g/mol. The number of aromatic nitrogens is 3. The Morgan fingerprint density at radius 1 is 0.967 bits per heavy atom. The molecule has 1 fully saturated rings. The van der Waals surface area contributed by atoms with Gasteiger partial charge in [0.15, 0.2) is 5.78 Å². The first kappa shape index (κ1) is 19.0. The van der Waals surface area contributed by atoms with Crippen molar-refractivity contribution >= 4 is 22.6 Å². The summed E-state index contributed by atoms with van der Waals surface area (Å²) in [5.74, 6) is 0.942. The molecule has 1 aliphatic heterocycles. The number of carbonyl (C=O) groups is 1. The van der Waals surface area contributed by atoms with Crippen LogP contribution in [0.5, 0.6) is 0 Å². The lowest BCUT2D eigenvalue weighted by atomic mass is 10.1. The molecule has 0 saturated carbocycles. The number of imidazole rings is 2. The van der Waals surface area contributed by atoms with Crippen molar-refractivity contribution in [1.82, 2.24) is 18.9 Å². The van der Waals surface area contributed by atoms with Crippen molar-refractivity contribution < 1.29 is 9.53 Å². The van der Waals surface area contributed by atoms with Gasteiger partial charge < -0.3 is 9.30 Å². The predicted octanol–water partition coefficient (Wildman–Crippen LogP) is 3.88. The van der Waals surface area contributed by atoms with Gasteiger partial charge in [-0.15, -0.1) is 0 Å². The van der Waals surface area contributed by atoms with Crippen LogP contribution in [0.2, 0.25) is 0 Å². The van der Waals surface area contributed by atoms with Crippen LogP contribution in [0.15, 0.2) is 54.6 Å². The van der Waals surface area contributed by atoms with Crippen LogP contribution in [0.4, 0.5) is 0 Å². The van der Waals surface area contributed by atoms with E-state index in [0.29, 0.717) is 12.1 Å². The van der Waals surface area contributed by atoms with E-state index < -0.39 is 0 Å². The lowest BCUT2D eigenvalue weighted by molar-refractivity contribution is 0.0366. The number of Topliss-reactive ketones (excluding diaryl/α,β-unsaturated/α-hetero) is 1. The Balaban J connectivity index is 1.69. The lowest BCUT2D eigenvalue weighted by Gasteiger charge is -2.26. The summed E-state index contributed by atoms with van der Waals surface area (Å²) in [5, 5.41) is 0. The van der Waals surface area contributed by atoms with E-state index in [1.54, 1.807) is 0 Å². The number of fused-ring (bicyclic) bond motifs is 3. The minimum atomic E-state index is 0.109. The van der Waals surface area contributed by atoms with Gasteiger partial charge in [-0.1, -0.05) is 49.4 Å². The highest BCUT2D eigenvalue weighted by atomic mass is 16.5. The number of ether oxygens (including phenoxy) is 1. The molecule has 0 aliphatic carbocycles. The molecule has 30 heavy (non-hydrogen) atoms. The number of rotatable bonds is 6. The second-order valence-electron chi connectivity index (χ2n) is 7.68. The fourth-order valence-electron chi connectivity index (χ4n) is 4.32. The van der Waals surface area contributed by atoms with Crippen molar-refractivity contribution in [2.75, 3.05) is 32.8 Å². The molecule has 154 valence electrons. The molecular formula is C24H26N4O2. The van der Waals surface area contributed by atoms with E-state index in [0.717, 1.165) is 67.5 Å². The summed E-state index contributed by atoms with van der Waals surface area (Å²) in [6.07, 6.45) is 0.445. The van der Waals surface area contributed by atoms with Crippen molar-refractivity contribution in [3.63, 3.8) is 0 Å². The molecule has 1 saturated heterocycles. The zero-order valence-electron chi connectivity index (χ0n) is 17.3. The van der Waals surface area contributed by atoms with Crippen LogP contribution >= 0.6 is 0 Å². The third-order valence-electron chi connectivity index (χ3n) is 5.89. The second kappa shape index (κ2) is 8.05. The molecule has 6 nitrogen and oxygen atoms in total. The maximum Gasteiger partial charge on any atom is 0.216 e. The summed E-state index contributed by atoms with van der Waals surface area (Å²) in [5.41, 5.74) is 4.56. The Hall–Kier alpha value is -2.96. The quantitative estimate of drug-likeness (QED) is 0.459. The summed E-state index contributed by atoms with van der Waals surface area (Å²) < 4.78 is 9.79. The van der Waals surface area contributed by atoms with Gasteiger partial charge in [0.1, 0.15) is 11.4 Å². The molecule has 0 N–H and O–H groups in total. The summed E-state index contributed by atoms with van der Waals surface area (Å²) in [7, 11) is 0. The van der Waals surface area contributed by atoms with Crippen molar-refractivity contribution in [2.45, 2.75) is 19.9 Å². The molecular weight excluding hydrogens is 376 g/mol. The molecule has 0 atom stereocenters. The molecule has 0 bridgehead atoms. The Kier molecular flexibility index (Phi) is 5.11. The zero-order chi connectivity index (χ0) is 20.5. The van der Waals surface area contributed by atoms with Gasteiger partial charge in [-0.3, -0.25) is 14.1 Å². The van der Waals surface area contributed by atoms with Gasteiger partial charge in [-0.05, 0) is 12.1 Å². The molecule has 4 aromatic rings. The first-order valence-corrected chi connectivity index (χ1v) is 10.7. The smallest absolute Gasteiger partial charge is 0.216 e. The predicted molar refractivity (Wildman–Crippen MR) is 118 cm³/mol. The third kappa shape index (κ3) is 3.22. The molecule has 1 aliphatic rings. The third-order valence-corrected chi connectivity index (χ3v) is 5.89. The first-order chi connectivity index (χ1) is 14.8. The molecule has 2 aromatic heterocycles. The van der Waals surface area contributed by atoms with E-state index in [1.807, 2.05) is 49.4 Å². The van der Waals surface area contributed by atoms with Crippen molar-refractivity contribution in [3.05, 3.63) is 60.3 Å². The minimum absolute atomic E-state index is 0.109. The molecule has 0 unspecified atom stereocenters. The van der Waals surface area contributed by atoms with Gasteiger partial charge >= 0.3 is 0 Å². The molecule has 0 radical (unpaired) electrons. The van der Waals surface area contributed by atoms with Crippen LogP contribution in [-0.4, -0.2) is 57.5 Å². The number of para-hydroxylation sites is 2. The van der Waals surface area contributed by atoms with Gasteiger partial charge in [0.2, 0.25) is 5.78 Å². The number of hydrogen-bond acceptors (Lipinski definition) is 4. The molecule has 6 heteroatoms. The van der Waals surface area contributed by atoms with Crippen LogP contribution in [0.25, 0.3) is 28.1 Å². The number of benzene rings is 2. The number of hydrogen-bond donors (Lipinski definition) is 0. The maximum absolute atomic E-state index is 13.0. The van der Waals surface area contributed by atoms with Crippen LogP contribution in [0, 0.1) is 0 Å². The number of ketones is 1. The SMILES string of the molecule is CCC(=O)c1c(-c2ccccc2)nc2n(CCN3CCOCC3)c3ccccc3n12. The van der Waals surface area contributed by atoms with Crippen LogP contribution < -0.4 is 0 Å². The van der Waals surface area contributed by atoms with E-state index in [1.165, 1.54) is 0 Å². The van der Waals surface area contributed by atoms with Crippen LogP contribution in [0.1, 0.15) is 23.8 Å². The lowest BCUT2D eigenvalue weighted by Crippen LogP contribution is -2.38. The van der Waals surface area contributed by atoms with Crippen LogP contribution in [-0.2, 0) is 11.3 Å². The van der Waals surface area contributed by atoms with E-state index in [4.69, 9.17) is 9.72 Å². The van der Waals surface area contributed by atoms with Gasteiger partial charge in [0.25, 0.3) is 0 Å². The molecule has 3 heterocycles. The fraction of sp³-hybridized carbons (Fsp3) is 0.333. The Morgan fingerprint density at radius 3 is 2.40 bits per heavy atom. The Bertz CT molecular complexity index is 1190. The molecule has 2 aromatic carbocycles. The summed E-state index contributed by atoms with van der Waals surface area (Å²) in [6.45, 7) is 7.16. The zero-order valence-corrected chi connectivity index (χ0v) is 17.3.